The molecule has 16 heavy (non-hydrogen) atoms. The minimum atomic E-state index is -0.00843. The van der Waals surface area contributed by atoms with Crippen molar-refractivity contribution >= 4 is 23.2 Å². The van der Waals surface area contributed by atoms with E-state index in [9.17, 15) is 4.79 Å². The second kappa shape index (κ2) is 4.90. The Morgan fingerprint density at radius 2 is 2.50 bits per heavy atom. The van der Waals surface area contributed by atoms with Gasteiger partial charge >= 0.3 is 0 Å². The summed E-state index contributed by atoms with van der Waals surface area (Å²) in [5.74, 6) is -0.00843. The summed E-state index contributed by atoms with van der Waals surface area (Å²) in [4.78, 5) is 11.7. The van der Waals surface area contributed by atoms with E-state index in [0.717, 1.165) is 12.1 Å². The first-order chi connectivity index (χ1) is 7.79. The Kier molecular flexibility index (Phi) is 3.31. The van der Waals surface area contributed by atoms with Crippen LogP contribution in [0.25, 0.3) is 6.08 Å². The number of hydrogen-bond donors (Lipinski definition) is 0. The van der Waals surface area contributed by atoms with Gasteiger partial charge in [0, 0.05) is 12.7 Å². The molecule has 0 bridgehead atoms. The van der Waals surface area contributed by atoms with Gasteiger partial charge in [-0.25, -0.2) is 0 Å². The van der Waals surface area contributed by atoms with Gasteiger partial charge in [0.1, 0.15) is 0 Å². The van der Waals surface area contributed by atoms with E-state index in [-0.39, 0.29) is 5.78 Å². The fourth-order valence-corrected chi connectivity index (χ4v) is 1.93. The zero-order chi connectivity index (χ0) is 11.4. The molecule has 2 aromatic rings. The molecule has 0 aromatic carbocycles. The second-order valence-corrected chi connectivity index (χ2v) is 4.12. The topological polar surface area (TPSA) is 34.9 Å². The number of hydrogen-bond acceptors (Lipinski definition) is 3. The first-order valence-corrected chi connectivity index (χ1v) is 6.01. The Hall–Kier alpha value is -1.68. The largest absolute Gasteiger partial charge is 0.289 e. The third-order valence-electron chi connectivity index (χ3n) is 2.21. The molecule has 82 valence electrons. The van der Waals surface area contributed by atoms with Crippen LogP contribution in [0, 0.1) is 0 Å². The van der Waals surface area contributed by atoms with Gasteiger partial charge in [0.15, 0.2) is 5.78 Å². The summed E-state index contributed by atoms with van der Waals surface area (Å²) in [6.45, 7) is 2.77. The minimum Gasteiger partial charge on any atom is -0.289 e. The SMILES string of the molecule is CCn1cc(C(=O)C=Cc2ccsc2)cn1. The molecule has 0 spiro atoms. The molecule has 2 rings (SSSR count). The summed E-state index contributed by atoms with van der Waals surface area (Å²) in [7, 11) is 0. The van der Waals surface area contributed by atoms with Crippen molar-refractivity contribution in [2.75, 3.05) is 0 Å². The van der Waals surface area contributed by atoms with Gasteiger partial charge in [-0.15, -0.1) is 0 Å². The number of allylic oxidation sites excluding steroid dienone is 1. The number of rotatable bonds is 4. The van der Waals surface area contributed by atoms with Crippen molar-refractivity contribution in [2.24, 2.45) is 0 Å². The van der Waals surface area contributed by atoms with Crippen molar-refractivity contribution < 1.29 is 4.79 Å². The van der Waals surface area contributed by atoms with Crippen LogP contribution in [0.15, 0.2) is 35.3 Å². The van der Waals surface area contributed by atoms with Crippen molar-refractivity contribution in [3.05, 3.63) is 46.4 Å². The van der Waals surface area contributed by atoms with Crippen LogP contribution in [0.1, 0.15) is 22.8 Å². The normalized spacial score (nSPS) is 11.1. The van der Waals surface area contributed by atoms with E-state index < -0.39 is 0 Å². The molecule has 0 saturated carbocycles. The van der Waals surface area contributed by atoms with E-state index in [0.29, 0.717) is 5.56 Å². The van der Waals surface area contributed by atoms with E-state index in [4.69, 9.17) is 0 Å². The lowest BCUT2D eigenvalue weighted by Gasteiger charge is -1.90. The predicted octanol–water partition coefficient (Wildman–Crippen LogP) is 2.86. The molecular weight excluding hydrogens is 220 g/mol. The van der Waals surface area contributed by atoms with E-state index in [1.165, 1.54) is 0 Å². The molecule has 0 radical (unpaired) electrons. The van der Waals surface area contributed by atoms with Gasteiger partial charge < -0.3 is 0 Å². The third-order valence-corrected chi connectivity index (χ3v) is 2.91. The highest BCUT2D eigenvalue weighted by molar-refractivity contribution is 7.08. The van der Waals surface area contributed by atoms with E-state index in [1.807, 2.05) is 29.8 Å². The molecule has 0 saturated heterocycles. The molecule has 0 aliphatic carbocycles. The number of carbonyl (C=O) groups excluding carboxylic acids is 1. The standard InChI is InChI=1S/C12H12N2OS/c1-2-14-8-11(7-13-14)12(15)4-3-10-5-6-16-9-10/h3-9H,2H2,1H3. The molecule has 0 N–H and O–H groups in total. The van der Waals surface area contributed by atoms with Crippen LogP contribution in [0.3, 0.4) is 0 Å². The fraction of sp³-hybridized carbons (Fsp3) is 0.167. The molecule has 2 aromatic heterocycles. The van der Waals surface area contributed by atoms with Crippen molar-refractivity contribution in [1.82, 2.24) is 9.78 Å². The maximum atomic E-state index is 11.7. The average Bonchev–Trinajstić information content (AvgIpc) is 2.96. The van der Waals surface area contributed by atoms with Gasteiger partial charge in [-0.3, -0.25) is 9.48 Å². The zero-order valence-electron chi connectivity index (χ0n) is 8.96. The van der Waals surface area contributed by atoms with E-state index >= 15 is 0 Å². The zero-order valence-corrected chi connectivity index (χ0v) is 9.78. The summed E-state index contributed by atoms with van der Waals surface area (Å²) >= 11 is 1.62. The maximum Gasteiger partial charge on any atom is 0.189 e. The highest BCUT2D eigenvalue weighted by Gasteiger charge is 2.04. The summed E-state index contributed by atoms with van der Waals surface area (Å²) in [6.07, 6.45) is 6.77. The number of thiophene rings is 1. The van der Waals surface area contributed by atoms with Gasteiger partial charge in [-0.05, 0) is 35.4 Å². The van der Waals surface area contributed by atoms with Gasteiger partial charge in [0.05, 0.1) is 11.8 Å². The van der Waals surface area contributed by atoms with Gasteiger partial charge in [-0.2, -0.15) is 16.4 Å². The summed E-state index contributed by atoms with van der Waals surface area (Å²) in [5.41, 5.74) is 1.69. The molecule has 0 atom stereocenters. The van der Waals surface area contributed by atoms with E-state index in [2.05, 4.69) is 5.10 Å². The lowest BCUT2D eigenvalue weighted by Crippen LogP contribution is -1.94. The summed E-state index contributed by atoms with van der Waals surface area (Å²) < 4.78 is 1.74. The highest BCUT2D eigenvalue weighted by atomic mass is 32.1. The Morgan fingerprint density at radius 1 is 1.62 bits per heavy atom. The van der Waals surface area contributed by atoms with Gasteiger partial charge in [0.2, 0.25) is 0 Å². The van der Waals surface area contributed by atoms with Crippen molar-refractivity contribution in [1.29, 1.82) is 0 Å². The van der Waals surface area contributed by atoms with Crippen molar-refractivity contribution in [2.45, 2.75) is 13.5 Å². The fourth-order valence-electron chi connectivity index (χ4n) is 1.30. The van der Waals surface area contributed by atoms with Crippen LogP contribution in [-0.2, 0) is 6.54 Å². The van der Waals surface area contributed by atoms with Gasteiger partial charge in [0.25, 0.3) is 0 Å². The first-order valence-electron chi connectivity index (χ1n) is 5.06. The quantitative estimate of drug-likeness (QED) is 0.600. The van der Waals surface area contributed by atoms with E-state index in [1.54, 1.807) is 34.5 Å². The number of aromatic nitrogens is 2. The van der Waals surface area contributed by atoms with Crippen LogP contribution in [-0.4, -0.2) is 15.6 Å². The number of nitrogens with zero attached hydrogens (tertiary/aromatic N) is 2. The van der Waals surface area contributed by atoms with Crippen LogP contribution in [0.2, 0.25) is 0 Å². The molecule has 0 fully saturated rings. The third kappa shape index (κ3) is 2.46. The summed E-state index contributed by atoms with van der Waals surface area (Å²) in [6, 6.07) is 1.98. The Morgan fingerprint density at radius 3 is 3.12 bits per heavy atom. The Balaban J connectivity index is 2.08. The molecule has 0 aliphatic rings. The lowest BCUT2D eigenvalue weighted by molar-refractivity contribution is 0.104. The van der Waals surface area contributed by atoms with Crippen LogP contribution >= 0.6 is 11.3 Å². The van der Waals surface area contributed by atoms with Crippen LogP contribution in [0.4, 0.5) is 0 Å². The molecule has 0 amide bonds. The first kappa shape index (κ1) is 10.8. The summed E-state index contributed by atoms with van der Waals surface area (Å²) in [5, 5.41) is 8.05. The number of aryl methyl sites for hydroxylation is 1. The van der Waals surface area contributed by atoms with Crippen molar-refractivity contribution in [3.63, 3.8) is 0 Å². The monoisotopic (exact) mass is 232 g/mol. The number of carbonyl (C=O) groups is 1. The molecular formula is C12H12N2OS. The molecule has 4 heteroatoms. The molecule has 0 aliphatic heterocycles. The smallest absolute Gasteiger partial charge is 0.189 e. The van der Waals surface area contributed by atoms with Crippen LogP contribution < -0.4 is 0 Å². The second-order valence-electron chi connectivity index (χ2n) is 3.34. The number of ketones is 1. The Bertz CT molecular complexity index is 497. The van der Waals surface area contributed by atoms with Crippen LogP contribution in [0.5, 0.6) is 0 Å². The minimum absolute atomic E-state index is 0.00843. The van der Waals surface area contributed by atoms with Crippen molar-refractivity contribution in [3.8, 4) is 0 Å². The molecule has 3 nitrogen and oxygen atoms in total. The highest BCUT2D eigenvalue weighted by Crippen LogP contribution is 2.09. The Labute approximate surface area is 98.0 Å². The predicted molar refractivity (Wildman–Crippen MR) is 65.6 cm³/mol. The lowest BCUT2D eigenvalue weighted by atomic mass is 10.2. The van der Waals surface area contributed by atoms with Gasteiger partial charge in [-0.1, -0.05) is 6.08 Å². The maximum absolute atomic E-state index is 11.7. The average molecular weight is 232 g/mol. The molecule has 2 heterocycles. The molecule has 0 unspecified atom stereocenters.